The Bertz CT molecular complexity index is 1230. The molecule has 2 aromatic rings. The lowest BCUT2D eigenvalue weighted by atomic mass is 9.98. The van der Waals surface area contributed by atoms with Crippen molar-refractivity contribution in [3.8, 4) is 11.1 Å². The Labute approximate surface area is 335 Å². The Kier molecular flexibility index (Phi) is 27.8. The molecule has 0 aromatic heterocycles. The van der Waals surface area contributed by atoms with E-state index in [1.807, 2.05) is 24.3 Å². The van der Waals surface area contributed by atoms with Crippen molar-refractivity contribution in [1.29, 1.82) is 0 Å². The van der Waals surface area contributed by atoms with Crippen LogP contribution in [-0.4, -0.2) is 124 Å². The van der Waals surface area contributed by atoms with Crippen LogP contribution in [0.1, 0.15) is 94.6 Å². The Morgan fingerprint density at radius 1 is 0.482 bits per heavy atom. The van der Waals surface area contributed by atoms with E-state index in [-0.39, 0.29) is 18.5 Å². The summed E-state index contributed by atoms with van der Waals surface area (Å²) >= 11 is 0. The number of carbonyl (C=O) groups is 2. The lowest BCUT2D eigenvalue weighted by Gasteiger charge is -2.14. The molecule has 0 spiro atoms. The summed E-state index contributed by atoms with van der Waals surface area (Å²) < 4.78 is 49.4. The van der Waals surface area contributed by atoms with Gasteiger partial charge in [0.25, 0.3) is 0 Å². The number of esters is 1. The van der Waals surface area contributed by atoms with Crippen molar-refractivity contribution in [2.24, 2.45) is 0 Å². The molecule has 316 valence electrons. The summed E-state index contributed by atoms with van der Waals surface area (Å²) in [5, 5.41) is 2.81. The van der Waals surface area contributed by atoms with Gasteiger partial charge >= 0.3 is 12.1 Å². The monoisotopic (exact) mass is 787 g/mol. The van der Waals surface area contributed by atoms with Crippen LogP contribution in [0.25, 0.3) is 11.1 Å². The number of hydrogen-bond donors (Lipinski definition) is 1. The summed E-state index contributed by atoms with van der Waals surface area (Å²) in [6.45, 7) is 9.93. The molecule has 1 amide bonds. The van der Waals surface area contributed by atoms with Gasteiger partial charge in [-0.2, -0.15) is 0 Å². The fourth-order valence-corrected chi connectivity index (χ4v) is 6.30. The van der Waals surface area contributed by atoms with Crippen LogP contribution in [0.5, 0.6) is 0 Å². The van der Waals surface area contributed by atoms with Crippen LogP contribution in [0, 0.1) is 0 Å². The molecule has 12 heteroatoms. The lowest BCUT2D eigenvalue weighted by molar-refractivity contribution is -0.145. The second kappa shape index (κ2) is 32.9. The number of amides is 1. The van der Waals surface area contributed by atoms with E-state index in [4.69, 9.17) is 42.6 Å². The molecule has 56 heavy (non-hydrogen) atoms. The molecule has 3 rings (SSSR count). The maximum Gasteiger partial charge on any atom is 0.407 e. The second-order valence-corrected chi connectivity index (χ2v) is 13.7. The normalized spacial score (nSPS) is 12.1. The van der Waals surface area contributed by atoms with Crippen molar-refractivity contribution in [3.05, 3.63) is 59.7 Å². The van der Waals surface area contributed by atoms with Crippen LogP contribution in [0.15, 0.2) is 48.5 Å². The number of fused-ring (bicyclic) bond motifs is 3. The average Bonchev–Trinajstić information content (AvgIpc) is 3.54. The van der Waals surface area contributed by atoms with E-state index < -0.39 is 6.09 Å². The molecule has 0 bridgehead atoms. The van der Waals surface area contributed by atoms with Crippen molar-refractivity contribution >= 4 is 12.1 Å². The molecule has 2 aromatic carbocycles. The minimum absolute atomic E-state index is 0.0490. The minimum Gasteiger partial charge on any atom is -0.463 e. The highest BCUT2D eigenvalue weighted by molar-refractivity contribution is 5.79. The Morgan fingerprint density at radius 2 is 0.893 bits per heavy atom. The number of benzene rings is 2. The van der Waals surface area contributed by atoms with Gasteiger partial charge in [-0.05, 0) is 35.1 Å². The summed E-state index contributed by atoms with van der Waals surface area (Å²) in [5.41, 5.74) is 4.81. The molecule has 1 N–H and O–H groups in total. The third-order valence-electron chi connectivity index (χ3n) is 9.29. The van der Waals surface area contributed by atoms with Crippen molar-refractivity contribution in [3.63, 3.8) is 0 Å². The van der Waals surface area contributed by atoms with Crippen molar-refractivity contribution in [2.45, 2.75) is 83.5 Å². The van der Waals surface area contributed by atoms with Gasteiger partial charge in [0, 0.05) is 25.5 Å². The topological polar surface area (TPSA) is 129 Å². The van der Waals surface area contributed by atoms with Gasteiger partial charge in [0.1, 0.15) is 13.2 Å². The first-order chi connectivity index (χ1) is 27.7. The van der Waals surface area contributed by atoms with E-state index in [1.54, 1.807) is 0 Å². The van der Waals surface area contributed by atoms with Gasteiger partial charge in [0.05, 0.1) is 85.9 Å². The zero-order valence-corrected chi connectivity index (χ0v) is 34.0. The van der Waals surface area contributed by atoms with Gasteiger partial charge in [-0.3, -0.25) is 4.79 Å². The summed E-state index contributed by atoms with van der Waals surface area (Å²) in [6.07, 6.45) is 11.8. The molecule has 1 aliphatic rings. The van der Waals surface area contributed by atoms with Gasteiger partial charge in [-0.15, -0.1) is 0 Å². The predicted molar refractivity (Wildman–Crippen MR) is 216 cm³/mol. The third-order valence-corrected chi connectivity index (χ3v) is 9.29. The van der Waals surface area contributed by atoms with Crippen molar-refractivity contribution in [2.75, 3.05) is 112 Å². The molecule has 0 unspecified atom stereocenters. The van der Waals surface area contributed by atoms with E-state index in [0.29, 0.717) is 118 Å². The van der Waals surface area contributed by atoms with Crippen molar-refractivity contribution in [1.82, 2.24) is 5.32 Å². The Balaban J connectivity index is 0.953. The molecular formula is C44H69NO11. The molecule has 12 nitrogen and oxygen atoms in total. The predicted octanol–water partition coefficient (Wildman–Crippen LogP) is 7.50. The Morgan fingerprint density at radius 3 is 1.38 bits per heavy atom. The van der Waals surface area contributed by atoms with E-state index in [0.717, 1.165) is 12.8 Å². The number of ether oxygens (including phenoxy) is 9. The molecule has 0 saturated heterocycles. The average molecular weight is 788 g/mol. The summed E-state index contributed by atoms with van der Waals surface area (Å²) in [7, 11) is 0. The molecule has 0 radical (unpaired) electrons. The standard InChI is InChI=1S/C44H69NO11/c1-2-3-4-5-6-7-8-9-10-20-43(46)55-36-35-54-34-33-53-32-31-52-30-29-51-28-27-50-26-25-49-24-23-48-22-15-21-45-44(47)56-37-42-40-18-13-11-16-38(40)39-17-12-14-19-41(39)42/h11-14,16-19,42H,2-10,15,20-37H2,1H3,(H,45,47). The van der Waals surface area contributed by atoms with Crippen LogP contribution in [0.2, 0.25) is 0 Å². The molecule has 0 saturated carbocycles. The van der Waals surface area contributed by atoms with Crippen LogP contribution >= 0.6 is 0 Å². The smallest absolute Gasteiger partial charge is 0.407 e. The van der Waals surface area contributed by atoms with Gasteiger partial charge in [-0.1, -0.05) is 107 Å². The Hall–Kier alpha value is -3.10. The van der Waals surface area contributed by atoms with Gasteiger partial charge < -0.3 is 47.9 Å². The molecule has 0 atom stereocenters. The molecule has 0 heterocycles. The molecule has 0 aliphatic heterocycles. The zero-order chi connectivity index (χ0) is 39.6. The van der Waals surface area contributed by atoms with E-state index >= 15 is 0 Å². The SMILES string of the molecule is CCCCCCCCCCCC(=O)OCCOCCOCCOCCOCCOCCOCCOCCCNC(=O)OCC1c2ccccc2-c2ccccc21. The fourth-order valence-electron chi connectivity index (χ4n) is 6.30. The maximum atomic E-state index is 12.3. The highest BCUT2D eigenvalue weighted by Crippen LogP contribution is 2.44. The highest BCUT2D eigenvalue weighted by Gasteiger charge is 2.28. The number of rotatable bonds is 37. The van der Waals surface area contributed by atoms with E-state index in [1.165, 1.54) is 67.2 Å². The highest BCUT2D eigenvalue weighted by atomic mass is 16.6. The van der Waals surface area contributed by atoms with Crippen LogP contribution in [-0.2, 0) is 47.4 Å². The number of unbranched alkanes of at least 4 members (excludes halogenated alkanes) is 8. The zero-order valence-electron chi connectivity index (χ0n) is 34.0. The number of nitrogens with one attached hydrogen (secondary N) is 1. The second-order valence-electron chi connectivity index (χ2n) is 13.7. The first-order valence-corrected chi connectivity index (χ1v) is 21.0. The fraction of sp³-hybridized carbons (Fsp3) is 0.682. The summed E-state index contributed by atoms with van der Waals surface area (Å²) in [4.78, 5) is 24.1. The summed E-state index contributed by atoms with van der Waals surface area (Å²) in [6, 6.07) is 16.6. The van der Waals surface area contributed by atoms with E-state index in [2.05, 4.69) is 36.5 Å². The molecule has 0 fully saturated rings. The lowest BCUT2D eigenvalue weighted by Crippen LogP contribution is -2.27. The van der Waals surface area contributed by atoms with Crippen LogP contribution in [0.4, 0.5) is 4.79 Å². The molecule has 1 aliphatic carbocycles. The van der Waals surface area contributed by atoms with Gasteiger partial charge in [-0.25, -0.2) is 4.79 Å². The van der Waals surface area contributed by atoms with Crippen LogP contribution < -0.4 is 5.32 Å². The quantitative estimate of drug-likeness (QED) is 0.0540. The number of hydrogen-bond acceptors (Lipinski definition) is 11. The largest absolute Gasteiger partial charge is 0.463 e. The minimum atomic E-state index is -0.415. The maximum absolute atomic E-state index is 12.3. The number of alkyl carbamates (subject to hydrolysis) is 1. The van der Waals surface area contributed by atoms with E-state index in [9.17, 15) is 9.59 Å². The van der Waals surface area contributed by atoms with Crippen molar-refractivity contribution < 1.29 is 52.2 Å². The van der Waals surface area contributed by atoms with Crippen LogP contribution in [0.3, 0.4) is 0 Å². The van der Waals surface area contributed by atoms with Gasteiger partial charge in [0.15, 0.2) is 0 Å². The molecular weight excluding hydrogens is 718 g/mol. The summed E-state index contributed by atoms with van der Waals surface area (Å²) in [5.74, 6) is -0.0909. The first kappa shape index (κ1) is 47.3. The number of carbonyl (C=O) groups excluding carboxylic acids is 2. The third kappa shape index (κ3) is 22.0. The van der Waals surface area contributed by atoms with Gasteiger partial charge in [0.2, 0.25) is 0 Å². The first-order valence-electron chi connectivity index (χ1n) is 21.0.